The van der Waals surface area contributed by atoms with Crippen molar-refractivity contribution < 1.29 is 10.2 Å². The molecule has 4 aliphatic rings. The van der Waals surface area contributed by atoms with Gasteiger partial charge in [0, 0.05) is 6.42 Å². The van der Waals surface area contributed by atoms with E-state index in [1.165, 1.54) is 44.9 Å². The summed E-state index contributed by atoms with van der Waals surface area (Å²) in [5.74, 6) is 2.05. The van der Waals surface area contributed by atoms with Gasteiger partial charge in [-0.15, -0.1) is 0 Å². The Morgan fingerprint density at radius 3 is 2.66 bits per heavy atom. The molecule has 0 spiro atoms. The fourth-order valence-corrected chi connectivity index (χ4v) is 6.35. The Morgan fingerprint density at radius 2 is 1.90 bits per heavy atom. The van der Waals surface area contributed by atoms with Gasteiger partial charge < -0.3 is 10.2 Å². The van der Waals surface area contributed by atoms with E-state index in [9.17, 15) is 10.2 Å². The summed E-state index contributed by atoms with van der Waals surface area (Å²) in [5, 5.41) is 20.1. The Hall–Kier alpha value is -1.38. The summed E-state index contributed by atoms with van der Waals surface area (Å²) in [7, 11) is 0. The van der Waals surface area contributed by atoms with Crippen LogP contribution < -0.4 is 0 Å². The molecule has 2 nitrogen and oxygen atoms in total. The molecule has 0 aromatic heterocycles. The third-order valence-electron chi connectivity index (χ3n) is 8.22. The highest BCUT2D eigenvalue weighted by molar-refractivity contribution is 5.38. The molecule has 0 heterocycles. The molecule has 29 heavy (non-hydrogen) atoms. The van der Waals surface area contributed by atoms with Gasteiger partial charge in [-0.1, -0.05) is 62.0 Å². The number of hydrogen-bond acceptors (Lipinski definition) is 2. The number of hydrogen-bond donors (Lipinski definition) is 2. The van der Waals surface area contributed by atoms with E-state index >= 15 is 0 Å². The van der Waals surface area contributed by atoms with Crippen LogP contribution in [0.25, 0.3) is 0 Å². The van der Waals surface area contributed by atoms with E-state index in [1.54, 1.807) is 11.1 Å². The smallest absolute Gasteiger partial charge is 0.0811 e. The van der Waals surface area contributed by atoms with Gasteiger partial charge in [0.2, 0.25) is 0 Å². The Kier molecular flexibility index (Phi) is 6.04. The minimum atomic E-state index is -0.603. The van der Waals surface area contributed by atoms with Crippen LogP contribution in [-0.2, 0) is 0 Å². The lowest BCUT2D eigenvalue weighted by Crippen LogP contribution is -2.35. The Bertz CT molecular complexity index is 761. The van der Waals surface area contributed by atoms with Gasteiger partial charge in [0.05, 0.1) is 12.2 Å². The Labute approximate surface area is 176 Å². The zero-order valence-electron chi connectivity index (χ0n) is 18.2. The van der Waals surface area contributed by atoms with E-state index in [2.05, 4.69) is 50.8 Å². The topological polar surface area (TPSA) is 40.5 Å². The van der Waals surface area contributed by atoms with E-state index in [-0.39, 0.29) is 0 Å². The average molecular weight is 395 g/mol. The third-order valence-corrected chi connectivity index (χ3v) is 8.22. The second-order valence-electron chi connectivity index (χ2n) is 10.2. The van der Waals surface area contributed by atoms with Crippen LogP contribution in [0.15, 0.2) is 59.3 Å². The lowest BCUT2D eigenvalue weighted by Gasteiger charge is -2.44. The number of allylic oxidation sites excluding steroid dienone is 7. The molecule has 4 rings (SSSR count). The molecular weight excluding hydrogens is 356 g/mol. The van der Waals surface area contributed by atoms with Crippen LogP contribution in [0.5, 0.6) is 0 Å². The first kappa shape index (κ1) is 20.9. The van der Waals surface area contributed by atoms with Crippen LogP contribution in [0.2, 0.25) is 0 Å². The van der Waals surface area contributed by atoms with E-state index in [4.69, 9.17) is 0 Å². The van der Waals surface area contributed by atoms with Crippen molar-refractivity contribution >= 4 is 0 Å². The average Bonchev–Trinajstić information content (AvgIpc) is 3.42. The van der Waals surface area contributed by atoms with Gasteiger partial charge in [0.15, 0.2) is 0 Å². The lowest BCUT2D eigenvalue weighted by molar-refractivity contribution is 0.0862. The van der Waals surface area contributed by atoms with E-state index < -0.39 is 12.2 Å². The van der Waals surface area contributed by atoms with Crippen molar-refractivity contribution in [3.05, 3.63) is 59.3 Å². The lowest BCUT2D eigenvalue weighted by atomic mass is 9.61. The maximum Gasteiger partial charge on any atom is 0.0811 e. The molecule has 0 unspecified atom stereocenters. The summed E-state index contributed by atoms with van der Waals surface area (Å²) in [6.07, 6.45) is 20.5. The molecule has 0 aromatic carbocycles. The highest BCUT2D eigenvalue weighted by atomic mass is 16.3. The summed E-state index contributed by atoms with van der Waals surface area (Å²) < 4.78 is 0. The van der Waals surface area contributed by atoms with E-state index in [0.29, 0.717) is 30.1 Å². The van der Waals surface area contributed by atoms with Crippen LogP contribution in [0.1, 0.15) is 71.6 Å². The fourth-order valence-electron chi connectivity index (χ4n) is 6.35. The van der Waals surface area contributed by atoms with Crippen molar-refractivity contribution in [3.63, 3.8) is 0 Å². The van der Waals surface area contributed by atoms with Crippen LogP contribution in [0.3, 0.4) is 0 Å². The van der Waals surface area contributed by atoms with Crippen molar-refractivity contribution in [2.24, 2.45) is 23.2 Å². The molecule has 0 aliphatic heterocycles. The summed E-state index contributed by atoms with van der Waals surface area (Å²) in [4.78, 5) is 0. The predicted molar refractivity (Wildman–Crippen MR) is 120 cm³/mol. The summed E-state index contributed by atoms with van der Waals surface area (Å²) in [6.45, 7) is 9.01. The van der Waals surface area contributed by atoms with Gasteiger partial charge in [0.1, 0.15) is 0 Å². The molecular formula is C27H38O2. The fraction of sp³-hybridized carbons (Fsp3) is 0.630. The van der Waals surface area contributed by atoms with Gasteiger partial charge in [-0.25, -0.2) is 0 Å². The molecule has 0 radical (unpaired) electrons. The monoisotopic (exact) mass is 394 g/mol. The zero-order chi connectivity index (χ0) is 20.6. The van der Waals surface area contributed by atoms with Crippen LogP contribution in [0.4, 0.5) is 0 Å². The molecule has 4 saturated carbocycles. The molecule has 2 N–H and O–H groups in total. The predicted octanol–water partition coefficient (Wildman–Crippen LogP) is 6.04. The molecule has 6 atom stereocenters. The standard InChI is InChI=1S/C27H38O2/c1-18(6-4-7-20-9-10-20)24-13-14-25-21(8-5-15-27(24,25)3)11-12-22-16-23(28)17-26(29)19(22)2/h4,6-7,11-12,18,23-26,28-29H,2,5,8-10,13-17H2,1,3H3/b6-4+,21-11+,22-12-/t18-,23+,24+,25-,26-,27+/m0/s1. The van der Waals surface area contributed by atoms with Crippen LogP contribution >= 0.6 is 0 Å². The number of aliphatic hydroxyl groups excluding tert-OH is 2. The molecule has 0 aromatic rings. The Balaban J connectivity index is 1.50. The summed E-state index contributed by atoms with van der Waals surface area (Å²) in [6, 6.07) is 0. The second-order valence-corrected chi connectivity index (χ2v) is 10.2. The van der Waals surface area contributed by atoms with Gasteiger partial charge in [-0.05, 0) is 85.7 Å². The van der Waals surface area contributed by atoms with E-state index in [1.807, 2.05) is 0 Å². The molecule has 4 fully saturated rings. The normalized spacial score (nSPS) is 41.2. The van der Waals surface area contributed by atoms with Crippen molar-refractivity contribution in [1.29, 1.82) is 0 Å². The second kappa shape index (κ2) is 8.40. The van der Waals surface area contributed by atoms with Crippen LogP contribution in [-0.4, -0.2) is 22.4 Å². The molecule has 4 aliphatic carbocycles. The number of fused-ring (bicyclic) bond motifs is 1. The molecule has 158 valence electrons. The highest BCUT2D eigenvalue weighted by Crippen LogP contribution is 2.59. The minimum absolute atomic E-state index is 0.391. The van der Waals surface area contributed by atoms with Gasteiger partial charge in [0.25, 0.3) is 0 Å². The summed E-state index contributed by atoms with van der Waals surface area (Å²) in [5.41, 5.74) is 5.38. The molecule has 0 bridgehead atoms. The van der Waals surface area contributed by atoms with Gasteiger partial charge >= 0.3 is 0 Å². The largest absolute Gasteiger partial charge is 0.393 e. The van der Waals surface area contributed by atoms with Crippen LogP contribution in [0, 0.1) is 23.2 Å². The number of rotatable bonds is 4. The summed E-state index contributed by atoms with van der Waals surface area (Å²) >= 11 is 0. The highest BCUT2D eigenvalue weighted by Gasteiger charge is 2.50. The Morgan fingerprint density at radius 1 is 1.10 bits per heavy atom. The first-order chi connectivity index (χ1) is 13.9. The van der Waals surface area contributed by atoms with Gasteiger partial charge in [-0.3, -0.25) is 0 Å². The van der Waals surface area contributed by atoms with E-state index in [0.717, 1.165) is 17.1 Å². The van der Waals surface area contributed by atoms with Gasteiger partial charge in [-0.2, -0.15) is 0 Å². The molecule has 0 amide bonds. The van der Waals surface area contributed by atoms with Crippen molar-refractivity contribution in [2.45, 2.75) is 83.8 Å². The quantitative estimate of drug-likeness (QED) is 0.610. The number of aliphatic hydroxyl groups is 2. The maximum absolute atomic E-state index is 10.1. The van der Waals surface area contributed by atoms with Crippen molar-refractivity contribution in [2.75, 3.05) is 0 Å². The third kappa shape index (κ3) is 4.39. The van der Waals surface area contributed by atoms with Crippen molar-refractivity contribution in [1.82, 2.24) is 0 Å². The maximum atomic E-state index is 10.1. The molecule has 0 saturated heterocycles. The zero-order valence-corrected chi connectivity index (χ0v) is 18.2. The molecule has 2 heteroatoms. The first-order valence-electron chi connectivity index (χ1n) is 11.7. The first-order valence-corrected chi connectivity index (χ1v) is 11.7. The minimum Gasteiger partial charge on any atom is -0.393 e. The SMILES string of the molecule is C=C1/C(=C\C=C2/CCC[C@]3(C)[C@@H]([C@@H](C)/C=C/C=C4CC4)CC[C@@H]23)C[C@@H](O)C[C@@H]1O. The van der Waals surface area contributed by atoms with Crippen molar-refractivity contribution in [3.8, 4) is 0 Å².